The maximum atomic E-state index is 13.7. The van der Waals surface area contributed by atoms with E-state index >= 15 is 0 Å². The second-order valence-corrected chi connectivity index (χ2v) is 12.3. The lowest BCUT2D eigenvalue weighted by Gasteiger charge is -2.28. The number of fused-ring (bicyclic) bond motifs is 1. The minimum atomic E-state index is -0.665. The molecule has 0 saturated carbocycles. The largest absolute Gasteiger partial charge is 0.378 e. The number of rotatable bonds is 7. The van der Waals surface area contributed by atoms with E-state index in [9.17, 15) is 14.4 Å². The standard InChI is InChI=1S/C32H43N7O3S/c1-22(2)28-30-35-29(23-10-7-6-8-11-23)36-39(30)20-19-38(32(42)24-13-15-25(16-14-24)37(3)4)18-9-12-27(40)33-26(17-21-43-5)31(41)34-28/h6-8,10-11,13-16,22,26,28H,9,12,17-21H2,1-5H3,(H,33,40)(H,34,41)/t26-,28+/m0/s1. The Morgan fingerprint density at radius 1 is 1.02 bits per heavy atom. The molecule has 0 bridgehead atoms. The van der Waals surface area contributed by atoms with Gasteiger partial charge in [0.25, 0.3) is 5.91 Å². The maximum absolute atomic E-state index is 13.7. The highest BCUT2D eigenvalue weighted by Gasteiger charge is 2.30. The van der Waals surface area contributed by atoms with Crippen LogP contribution in [0, 0.1) is 5.92 Å². The van der Waals surface area contributed by atoms with Gasteiger partial charge < -0.3 is 20.4 Å². The first kappa shape index (κ1) is 32.1. The number of hydrogen-bond acceptors (Lipinski definition) is 7. The Labute approximate surface area is 258 Å². The molecule has 2 aromatic carbocycles. The van der Waals surface area contributed by atoms with Gasteiger partial charge in [-0.05, 0) is 55.0 Å². The molecule has 0 fully saturated rings. The second kappa shape index (κ2) is 15.0. The minimum absolute atomic E-state index is 0.00622. The van der Waals surface area contributed by atoms with E-state index in [1.807, 2.05) is 98.4 Å². The van der Waals surface area contributed by atoms with Crippen LogP contribution in [0.1, 0.15) is 55.3 Å². The van der Waals surface area contributed by atoms with E-state index in [2.05, 4.69) is 10.6 Å². The summed E-state index contributed by atoms with van der Waals surface area (Å²) < 4.78 is 1.82. The van der Waals surface area contributed by atoms with Gasteiger partial charge in [0.1, 0.15) is 6.04 Å². The average molecular weight is 606 g/mol. The van der Waals surface area contributed by atoms with Gasteiger partial charge in [0, 0.05) is 50.4 Å². The van der Waals surface area contributed by atoms with Crippen molar-refractivity contribution in [1.82, 2.24) is 30.3 Å². The predicted octanol–water partition coefficient (Wildman–Crippen LogP) is 4.00. The minimum Gasteiger partial charge on any atom is -0.378 e. The fourth-order valence-electron chi connectivity index (χ4n) is 5.06. The van der Waals surface area contributed by atoms with E-state index < -0.39 is 12.1 Å². The molecule has 0 spiro atoms. The lowest BCUT2D eigenvalue weighted by atomic mass is 10.0. The van der Waals surface area contributed by atoms with Crippen molar-refractivity contribution in [2.45, 2.75) is 51.7 Å². The van der Waals surface area contributed by atoms with Gasteiger partial charge in [0.2, 0.25) is 11.8 Å². The quantitative estimate of drug-likeness (QED) is 0.419. The zero-order chi connectivity index (χ0) is 30.9. The lowest BCUT2D eigenvalue weighted by molar-refractivity contribution is -0.129. The van der Waals surface area contributed by atoms with E-state index in [0.717, 1.165) is 17.0 Å². The summed E-state index contributed by atoms with van der Waals surface area (Å²) in [6.07, 6.45) is 3.18. The fourth-order valence-corrected chi connectivity index (χ4v) is 5.53. The van der Waals surface area contributed by atoms with Crippen LogP contribution in [0.4, 0.5) is 5.69 Å². The zero-order valence-electron chi connectivity index (χ0n) is 25.7. The number of amides is 3. The number of benzene rings is 2. The van der Waals surface area contributed by atoms with Crippen LogP contribution in [0.2, 0.25) is 0 Å². The Balaban J connectivity index is 1.71. The van der Waals surface area contributed by atoms with E-state index in [0.29, 0.717) is 49.7 Å². The van der Waals surface area contributed by atoms with Gasteiger partial charge in [-0.2, -0.15) is 16.9 Å². The third-order valence-corrected chi connectivity index (χ3v) is 8.21. The van der Waals surface area contributed by atoms with Crippen LogP contribution in [-0.4, -0.2) is 82.6 Å². The van der Waals surface area contributed by atoms with Gasteiger partial charge >= 0.3 is 0 Å². The molecule has 2 atom stereocenters. The van der Waals surface area contributed by atoms with Gasteiger partial charge in [0.05, 0.1) is 12.6 Å². The fraction of sp³-hybridized carbons (Fsp3) is 0.469. The van der Waals surface area contributed by atoms with Gasteiger partial charge in [-0.15, -0.1) is 0 Å². The first-order chi connectivity index (χ1) is 20.7. The van der Waals surface area contributed by atoms with Crippen LogP contribution < -0.4 is 15.5 Å². The van der Waals surface area contributed by atoms with Crippen molar-refractivity contribution in [2.75, 3.05) is 44.1 Å². The highest BCUT2D eigenvalue weighted by molar-refractivity contribution is 7.98. The molecule has 43 heavy (non-hydrogen) atoms. The van der Waals surface area contributed by atoms with Crippen LogP contribution in [0.5, 0.6) is 0 Å². The molecule has 3 amide bonds. The Morgan fingerprint density at radius 3 is 2.40 bits per heavy atom. The molecule has 0 unspecified atom stereocenters. The van der Waals surface area contributed by atoms with Crippen molar-refractivity contribution in [3.05, 3.63) is 66.0 Å². The Bertz CT molecular complexity index is 1380. The van der Waals surface area contributed by atoms with Crippen LogP contribution in [0.3, 0.4) is 0 Å². The summed E-state index contributed by atoms with van der Waals surface area (Å²) in [4.78, 5) is 48.9. The summed E-state index contributed by atoms with van der Waals surface area (Å²) in [5.41, 5.74) is 2.46. The van der Waals surface area contributed by atoms with Crippen molar-refractivity contribution in [2.24, 2.45) is 5.92 Å². The summed E-state index contributed by atoms with van der Waals surface area (Å²) >= 11 is 1.63. The number of carbonyl (C=O) groups excluding carboxylic acids is 3. The van der Waals surface area contributed by atoms with Crippen molar-refractivity contribution < 1.29 is 14.4 Å². The van der Waals surface area contributed by atoms with Crippen molar-refractivity contribution in [3.63, 3.8) is 0 Å². The molecule has 11 heteroatoms. The van der Waals surface area contributed by atoms with Gasteiger partial charge in [0.15, 0.2) is 11.6 Å². The molecule has 3 aromatic rings. The monoisotopic (exact) mass is 605 g/mol. The molecule has 4 rings (SSSR count). The normalized spacial score (nSPS) is 18.4. The predicted molar refractivity (Wildman–Crippen MR) is 172 cm³/mol. The number of nitrogens with one attached hydrogen (secondary N) is 2. The third kappa shape index (κ3) is 8.37. The maximum Gasteiger partial charge on any atom is 0.253 e. The Morgan fingerprint density at radius 2 is 1.74 bits per heavy atom. The smallest absolute Gasteiger partial charge is 0.253 e. The molecule has 1 aromatic heterocycles. The topological polar surface area (TPSA) is 112 Å². The van der Waals surface area contributed by atoms with E-state index in [4.69, 9.17) is 10.1 Å². The number of aromatic nitrogens is 3. The van der Waals surface area contributed by atoms with Crippen LogP contribution in [0.15, 0.2) is 54.6 Å². The number of nitrogens with zero attached hydrogens (tertiary/aromatic N) is 5. The molecule has 2 heterocycles. The highest BCUT2D eigenvalue weighted by Crippen LogP contribution is 2.25. The van der Waals surface area contributed by atoms with Crippen LogP contribution in [0.25, 0.3) is 11.4 Å². The van der Waals surface area contributed by atoms with Gasteiger partial charge in [-0.25, -0.2) is 9.67 Å². The summed E-state index contributed by atoms with van der Waals surface area (Å²) in [6.45, 7) is 5.20. The number of anilines is 1. The van der Waals surface area contributed by atoms with Crippen molar-refractivity contribution >= 4 is 35.2 Å². The van der Waals surface area contributed by atoms with E-state index in [1.165, 1.54) is 0 Å². The number of carbonyl (C=O) groups is 3. The van der Waals surface area contributed by atoms with Gasteiger partial charge in [-0.3, -0.25) is 14.4 Å². The molecular formula is C32H43N7O3S. The second-order valence-electron chi connectivity index (χ2n) is 11.4. The molecule has 230 valence electrons. The third-order valence-electron chi connectivity index (χ3n) is 7.57. The average Bonchev–Trinajstić information content (AvgIpc) is 3.42. The first-order valence-corrected chi connectivity index (χ1v) is 16.2. The SMILES string of the molecule is CSCC[C@@H]1NC(=O)CCCN(C(=O)c2ccc(N(C)C)cc2)CCn2nc(-c3ccccc3)nc2[C@@H](C(C)C)NC1=O. The molecule has 1 aliphatic heterocycles. The lowest BCUT2D eigenvalue weighted by Crippen LogP contribution is -2.49. The molecule has 10 nitrogen and oxygen atoms in total. The molecule has 0 saturated heterocycles. The summed E-state index contributed by atoms with van der Waals surface area (Å²) in [5.74, 6) is 1.38. The molecule has 1 aliphatic rings. The van der Waals surface area contributed by atoms with Crippen molar-refractivity contribution in [1.29, 1.82) is 0 Å². The van der Waals surface area contributed by atoms with E-state index in [-0.39, 0.29) is 30.1 Å². The van der Waals surface area contributed by atoms with Gasteiger partial charge in [-0.1, -0.05) is 44.2 Å². The summed E-state index contributed by atoms with van der Waals surface area (Å²) in [5, 5.41) is 11.0. The Hall–Kier alpha value is -3.86. The number of hydrogen-bond donors (Lipinski definition) is 2. The van der Waals surface area contributed by atoms with Crippen molar-refractivity contribution in [3.8, 4) is 11.4 Å². The molecule has 0 aliphatic carbocycles. The molecule has 0 radical (unpaired) electrons. The summed E-state index contributed by atoms with van der Waals surface area (Å²) in [7, 11) is 3.92. The van der Waals surface area contributed by atoms with Crippen LogP contribution in [-0.2, 0) is 16.1 Å². The molecular weight excluding hydrogens is 562 g/mol. The summed E-state index contributed by atoms with van der Waals surface area (Å²) in [6, 6.07) is 16.1. The van der Waals surface area contributed by atoms with Crippen LogP contribution >= 0.6 is 11.8 Å². The highest BCUT2D eigenvalue weighted by atomic mass is 32.2. The van der Waals surface area contributed by atoms with E-state index in [1.54, 1.807) is 16.7 Å². The first-order valence-electron chi connectivity index (χ1n) is 14.8. The number of thioether (sulfide) groups is 1. The molecule has 2 N–H and O–H groups in total. The zero-order valence-corrected chi connectivity index (χ0v) is 26.6. The Kier molecular flexibility index (Phi) is 11.2.